The molecular weight excluding hydrogens is 522 g/mol. The Balaban J connectivity index is 1.08. The number of piperidine rings is 1. The third-order valence-electron chi connectivity index (χ3n) is 8.14. The van der Waals surface area contributed by atoms with Crippen molar-refractivity contribution in [1.29, 1.82) is 0 Å². The zero-order chi connectivity index (χ0) is 28.6. The molecule has 0 saturated carbocycles. The van der Waals surface area contributed by atoms with Crippen LogP contribution in [-0.2, 0) is 0 Å². The van der Waals surface area contributed by atoms with Crippen molar-refractivity contribution in [2.75, 3.05) is 37.7 Å². The predicted octanol–water partition coefficient (Wildman–Crippen LogP) is 3.01. The van der Waals surface area contributed by atoms with Crippen LogP contribution in [0, 0.1) is 6.92 Å². The molecule has 0 bridgehead atoms. The van der Waals surface area contributed by atoms with Gasteiger partial charge in [0.05, 0.1) is 24.9 Å². The molecule has 214 valence electrons. The highest BCUT2D eigenvalue weighted by molar-refractivity contribution is 5.78. The van der Waals surface area contributed by atoms with Crippen LogP contribution in [0.5, 0.6) is 5.75 Å². The van der Waals surface area contributed by atoms with E-state index in [9.17, 15) is 14.7 Å². The van der Waals surface area contributed by atoms with Gasteiger partial charge in [-0.05, 0) is 43.0 Å². The third kappa shape index (κ3) is 5.62. The molecule has 2 aliphatic heterocycles. The second-order valence-corrected chi connectivity index (χ2v) is 11.2. The maximum atomic E-state index is 12.9. The van der Waals surface area contributed by atoms with E-state index in [-0.39, 0.29) is 35.4 Å². The van der Waals surface area contributed by atoms with E-state index >= 15 is 0 Å². The molecule has 2 saturated heterocycles. The molecule has 41 heavy (non-hydrogen) atoms. The molecular formula is C30H35N7O4. The first kappa shape index (κ1) is 26.8. The second-order valence-electron chi connectivity index (χ2n) is 11.2. The number of β-amino-alcohol motifs (C(OH)–C–C–N with tert-alkyl or cyclic N) is 1. The number of aliphatic hydroxyl groups excluding tert-OH is 1. The summed E-state index contributed by atoms with van der Waals surface area (Å²) in [6, 6.07) is 17.1. The zero-order valence-corrected chi connectivity index (χ0v) is 23.3. The summed E-state index contributed by atoms with van der Waals surface area (Å²) in [7, 11) is 0. The van der Waals surface area contributed by atoms with E-state index in [2.05, 4.69) is 44.3 Å². The number of nitrogens with zero attached hydrogens (tertiary/aromatic N) is 5. The van der Waals surface area contributed by atoms with Gasteiger partial charge in [0.2, 0.25) is 5.56 Å². The quantitative estimate of drug-likeness (QED) is 0.304. The first-order valence-corrected chi connectivity index (χ1v) is 14.0. The summed E-state index contributed by atoms with van der Waals surface area (Å²) in [5.41, 5.74) is 2.23. The number of H-pyrrole nitrogens is 1. The van der Waals surface area contributed by atoms with Gasteiger partial charge in [-0.2, -0.15) is 0 Å². The molecule has 2 atom stereocenters. The number of ether oxygens (including phenoxy) is 1. The molecule has 3 N–H and O–H groups in total. The minimum Gasteiger partial charge on any atom is -0.491 e. The minimum absolute atomic E-state index is 0.0944. The van der Waals surface area contributed by atoms with Crippen LogP contribution in [0.25, 0.3) is 5.65 Å². The molecule has 11 heteroatoms. The summed E-state index contributed by atoms with van der Waals surface area (Å²) in [6.07, 6.45) is 2.21. The third-order valence-corrected chi connectivity index (χ3v) is 8.14. The number of pyridine rings is 2. The van der Waals surface area contributed by atoms with E-state index in [0.717, 1.165) is 24.2 Å². The maximum Gasteiger partial charge on any atom is 0.318 e. The first-order chi connectivity index (χ1) is 19.8. The van der Waals surface area contributed by atoms with Gasteiger partial charge in [-0.3, -0.25) is 4.79 Å². The van der Waals surface area contributed by atoms with Crippen LogP contribution < -0.4 is 20.5 Å². The number of aryl methyl sites for hydroxylation is 1. The number of aliphatic hydroxyl groups is 1. The number of carbonyl (C=O) groups is 1. The number of fused-ring (bicyclic) bond motifs is 1. The summed E-state index contributed by atoms with van der Waals surface area (Å²) in [5, 5.41) is 18.7. The molecule has 6 rings (SSSR count). The summed E-state index contributed by atoms with van der Waals surface area (Å²) >= 11 is 0. The summed E-state index contributed by atoms with van der Waals surface area (Å²) < 4.78 is 7.71. The molecule has 1 unspecified atom stereocenters. The predicted molar refractivity (Wildman–Crippen MR) is 154 cm³/mol. The van der Waals surface area contributed by atoms with Gasteiger partial charge in [0.15, 0.2) is 11.5 Å². The Kier molecular flexibility index (Phi) is 7.12. The van der Waals surface area contributed by atoms with Crippen LogP contribution in [0.1, 0.15) is 48.7 Å². The van der Waals surface area contributed by atoms with Gasteiger partial charge in [0.1, 0.15) is 17.7 Å². The van der Waals surface area contributed by atoms with Crippen molar-refractivity contribution >= 4 is 17.5 Å². The second kappa shape index (κ2) is 10.9. The number of carbonyl (C=O) groups excluding carboxylic acids is 1. The molecule has 2 aliphatic rings. The number of aromatic amines is 1. The molecule has 5 heterocycles. The van der Waals surface area contributed by atoms with Crippen LogP contribution in [0.2, 0.25) is 0 Å². The van der Waals surface area contributed by atoms with Crippen LogP contribution in [0.3, 0.4) is 0 Å². The van der Waals surface area contributed by atoms with Gasteiger partial charge in [-0.25, -0.2) is 14.3 Å². The van der Waals surface area contributed by atoms with Crippen molar-refractivity contribution in [2.24, 2.45) is 0 Å². The average Bonchev–Trinajstić information content (AvgIpc) is 3.54. The van der Waals surface area contributed by atoms with E-state index in [0.29, 0.717) is 37.6 Å². The van der Waals surface area contributed by atoms with Gasteiger partial charge in [0, 0.05) is 31.6 Å². The fraction of sp³-hybridized carbons (Fsp3) is 0.400. The average molecular weight is 558 g/mol. The van der Waals surface area contributed by atoms with Gasteiger partial charge >= 0.3 is 6.03 Å². The van der Waals surface area contributed by atoms with E-state index in [1.54, 1.807) is 21.7 Å². The van der Waals surface area contributed by atoms with Crippen molar-refractivity contribution in [2.45, 2.75) is 44.2 Å². The van der Waals surface area contributed by atoms with Crippen LogP contribution in [0.4, 0.5) is 10.6 Å². The Labute approximate surface area is 237 Å². The van der Waals surface area contributed by atoms with E-state index in [4.69, 9.17) is 4.74 Å². The smallest absolute Gasteiger partial charge is 0.318 e. The number of hydrogen-bond acceptors (Lipinski definition) is 7. The van der Waals surface area contributed by atoms with Crippen molar-refractivity contribution in [3.05, 3.63) is 88.1 Å². The largest absolute Gasteiger partial charge is 0.491 e. The molecule has 3 aromatic heterocycles. The molecule has 2 amide bonds. The molecule has 2 fully saturated rings. The number of hydrogen-bond donors (Lipinski definition) is 3. The highest BCUT2D eigenvalue weighted by atomic mass is 16.5. The first-order valence-electron chi connectivity index (χ1n) is 14.0. The lowest BCUT2D eigenvalue weighted by molar-refractivity contribution is 0.121. The summed E-state index contributed by atoms with van der Waals surface area (Å²) in [5.74, 6) is 1.95. The number of nitrogens with one attached hydrogen (secondary N) is 2. The van der Waals surface area contributed by atoms with Gasteiger partial charge < -0.3 is 29.9 Å². The van der Waals surface area contributed by atoms with Crippen LogP contribution >= 0.6 is 0 Å². The Hall–Kier alpha value is -4.38. The van der Waals surface area contributed by atoms with Crippen molar-refractivity contribution in [1.82, 2.24) is 29.8 Å². The lowest BCUT2D eigenvalue weighted by Crippen LogP contribution is -2.52. The number of benzene rings is 1. The Morgan fingerprint density at radius 3 is 2.63 bits per heavy atom. The van der Waals surface area contributed by atoms with Crippen molar-refractivity contribution in [3.8, 4) is 5.75 Å². The monoisotopic (exact) mass is 557 g/mol. The number of urea groups is 1. The van der Waals surface area contributed by atoms with Crippen molar-refractivity contribution in [3.63, 3.8) is 0 Å². The number of rotatable bonds is 8. The standard InChI is InChI=1S/C30H35N7O4/c1-20-15-23(41-18-21(2)22-7-4-3-5-8-22)16-37-28(20)32-27(34-37)24(38)17-36-19-30(33-29(36)40)11-13-35(14-12-30)25-9-6-10-26(39)31-25/h3-10,15-16,21,24,38H,11-14,17-19H2,1-2H3,(H,31,39)(H,33,40)/t21-,24?/m0/s1. The fourth-order valence-corrected chi connectivity index (χ4v) is 5.75. The Bertz CT molecular complexity index is 1590. The molecule has 0 aliphatic carbocycles. The van der Waals surface area contributed by atoms with Gasteiger partial charge in [-0.15, -0.1) is 5.10 Å². The topological polar surface area (TPSA) is 128 Å². The molecule has 0 radical (unpaired) electrons. The minimum atomic E-state index is -1.04. The normalized spacial score (nSPS) is 18.1. The number of anilines is 1. The SMILES string of the molecule is Cc1cc(OC[C@H](C)c2ccccc2)cn2nc(C(O)CN3CC4(CCN(c5cccc(=O)[nH]5)CC4)NC3=O)nc12. The van der Waals surface area contributed by atoms with Crippen LogP contribution in [-0.4, -0.2) is 73.9 Å². The zero-order valence-electron chi connectivity index (χ0n) is 23.3. The van der Waals surface area contributed by atoms with Gasteiger partial charge in [-0.1, -0.05) is 43.3 Å². The number of amides is 2. The maximum absolute atomic E-state index is 12.9. The fourth-order valence-electron chi connectivity index (χ4n) is 5.75. The van der Waals surface area contributed by atoms with Crippen LogP contribution in [0.15, 0.2) is 65.6 Å². The Morgan fingerprint density at radius 2 is 1.88 bits per heavy atom. The molecule has 11 nitrogen and oxygen atoms in total. The van der Waals surface area contributed by atoms with E-state index < -0.39 is 6.10 Å². The highest BCUT2D eigenvalue weighted by Gasteiger charge is 2.45. The Morgan fingerprint density at radius 1 is 1.10 bits per heavy atom. The van der Waals surface area contributed by atoms with Crippen molar-refractivity contribution < 1.29 is 14.6 Å². The summed E-state index contributed by atoms with van der Waals surface area (Å²) in [4.78, 5) is 35.8. The summed E-state index contributed by atoms with van der Waals surface area (Å²) in [6.45, 7) is 6.58. The van der Waals surface area contributed by atoms with E-state index in [1.807, 2.05) is 37.3 Å². The lowest BCUT2D eigenvalue weighted by Gasteiger charge is -2.39. The molecule has 4 aromatic rings. The molecule has 1 aromatic carbocycles. The molecule has 1 spiro atoms. The lowest BCUT2D eigenvalue weighted by atomic mass is 9.88. The van der Waals surface area contributed by atoms with E-state index in [1.165, 1.54) is 11.6 Å². The highest BCUT2D eigenvalue weighted by Crippen LogP contribution is 2.31. The van der Waals surface area contributed by atoms with Gasteiger partial charge in [0.25, 0.3) is 0 Å². The number of aromatic nitrogens is 4.